The molecule has 0 heterocycles. The van der Waals surface area contributed by atoms with E-state index in [-0.39, 0.29) is 35.9 Å². The van der Waals surface area contributed by atoms with Crippen LogP contribution >= 0.6 is 24.0 Å². The lowest BCUT2D eigenvalue weighted by atomic mass is 10.1. The molecular formula is C20H25F2IN4O. The van der Waals surface area contributed by atoms with Crippen molar-refractivity contribution in [2.75, 3.05) is 20.6 Å². The fraction of sp³-hybridized carbons (Fsp3) is 0.300. The highest BCUT2D eigenvalue weighted by atomic mass is 127. The molecule has 2 aromatic rings. The van der Waals surface area contributed by atoms with E-state index in [1.54, 1.807) is 27.1 Å². The molecule has 1 unspecified atom stereocenters. The SMILES string of the molecule is CN=C(NCCc1cccc(C(=O)NC)c1)NC(C)c1ccc(F)cc1F.I. The molecule has 0 aliphatic carbocycles. The third-order valence-corrected chi connectivity index (χ3v) is 4.13. The van der Waals surface area contributed by atoms with Crippen LogP contribution in [-0.2, 0) is 6.42 Å². The van der Waals surface area contributed by atoms with Gasteiger partial charge in [0, 0.05) is 37.8 Å². The second-order valence-electron chi connectivity index (χ2n) is 6.06. The Morgan fingerprint density at radius 2 is 1.93 bits per heavy atom. The van der Waals surface area contributed by atoms with Crippen molar-refractivity contribution in [3.8, 4) is 0 Å². The summed E-state index contributed by atoms with van der Waals surface area (Å²) in [6.45, 7) is 2.35. The first-order chi connectivity index (χ1) is 12.9. The van der Waals surface area contributed by atoms with E-state index in [1.807, 2.05) is 18.2 Å². The summed E-state index contributed by atoms with van der Waals surface area (Å²) >= 11 is 0. The molecule has 0 saturated heterocycles. The van der Waals surface area contributed by atoms with Crippen LogP contribution in [0.3, 0.4) is 0 Å². The van der Waals surface area contributed by atoms with Crippen LogP contribution in [-0.4, -0.2) is 32.5 Å². The Morgan fingerprint density at radius 3 is 2.57 bits per heavy atom. The molecule has 0 aromatic heterocycles. The monoisotopic (exact) mass is 502 g/mol. The van der Waals surface area contributed by atoms with Crippen LogP contribution in [0.2, 0.25) is 0 Å². The minimum atomic E-state index is -0.607. The Bertz CT molecular complexity index is 830. The molecule has 2 rings (SSSR count). The number of guanidine groups is 1. The highest BCUT2D eigenvalue weighted by Crippen LogP contribution is 2.17. The first-order valence-corrected chi connectivity index (χ1v) is 8.67. The van der Waals surface area contributed by atoms with E-state index in [1.165, 1.54) is 12.1 Å². The van der Waals surface area contributed by atoms with E-state index in [0.717, 1.165) is 11.6 Å². The van der Waals surface area contributed by atoms with Crippen molar-refractivity contribution in [3.05, 3.63) is 70.8 Å². The van der Waals surface area contributed by atoms with Gasteiger partial charge in [-0.25, -0.2) is 8.78 Å². The van der Waals surface area contributed by atoms with E-state index in [4.69, 9.17) is 0 Å². The summed E-state index contributed by atoms with van der Waals surface area (Å²) in [7, 11) is 3.21. The van der Waals surface area contributed by atoms with Crippen LogP contribution in [0.15, 0.2) is 47.5 Å². The van der Waals surface area contributed by atoms with Crippen molar-refractivity contribution in [1.82, 2.24) is 16.0 Å². The van der Waals surface area contributed by atoms with Gasteiger partial charge >= 0.3 is 0 Å². The molecule has 0 saturated carbocycles. The Morgan fingerprint density at radius 1 is 1.18 bits per heavy atom. The molecule has 0 spiro atoms. The van der Waals surface area contributed by atoms with Gasteiger partial charge in [-0.2, -0.15) is 0 Å². The summed E-state index contributed by atoms with van der Waals surface area (Å²) in [5, 5.41) is 8.83. The van der Waals surface area contributed by atoms with Gasteiger partial charge in [0.2, 0.25) is 0 Å². The quantitative estimate of drug-likeness (QED) is 0.323. The zero-order valence-electron chi connectivity index (χ0n) is 16.1. The van der Waals surface area contributed by atoms with Crippen LogP contribution < -0.4 is 16.0 Å². The number of carbonyl (C=O) groups is 1. The standard InChI is InChI=1S/C20H24F2N4O.HI/c1-13(17-8-7-16(21)12-18(17)22)26-20(24-3)25-10-9-14-5-4-6-15(11-14)19(27)23-2;/h4-8,11-13H,9-10H2,1-3H3,(H,23,27)(H2,24,25,26);1H. The maximum Gasteiger partial charge on any atom is 0.251 e. The van der Waals surface area contributed by atoms with Crippen molar-refractivity contribution in [3.63, 3.8) is 0 Å². The molecule has 8 heteroatoms. The maximum absolute atomic E-state index is 13.9. The van der Waals surface area contributed by atoms with Crippen molar-refractivity contribution in [2.24, 2.45) is 4.99 Å². The molecule has 5 nitrogen and oxygen atoms in total. The Kier molecular flexibility index (Phi) is 9.84. The molecule has 0 aliphatic rings. The summed E-state index contributed by atoms with van der Waals surface area (Å²) in [4.78, 5) is 15.8. The topological polar surface area (TPSA) is 65.5 Å². The number of aliphatic imine (C=N–C) groups is 1. The summed E-state index contributed by atoms with van der Waals surface area (Å²) in [6, 6.07) is 10.5. The molecule has 1 amide bonds. The van der Waals surface area contributed by atoms with Crippen LogP contribution in [0.1, 0.15) is 34.5 Å². The molecule has 0 radical (unpaired) electrons. The van der Waals surface area contributed by atoms with Crippen LogP contribution in [0.5, 0.6) is 0 Å². The van der Waals surface area contributed by atoms with E-state index in [2.05, 4.69) is 20.9 Å². The van der Waals surface area contributed by atoms with Crippen LogP contribution in [0, 0.1) is 11.6 Å². The molecule has 0 fully saturated rings. The minimum absolute atomic E-state index is 0. The second kappa shape index (κ2) is 11.6. The molecule has 0 aliphatic heterocycles. The van der Waals surface area contributed by atoms with Gasteiger partial charge in [-0.1, -0.05) is 18.2 Å². The second-order valence-corrected chi connectivity index (χ2v) is 6.06. The summed E-state index contributed by atoms with van der Waals surface area (Å²) in [5.74, 6) is -0.826. The number of halogens is 3. The lowest BCUT2D eigenvalue weighted by molar-refractivity contribution is 0.0963. The number of nitrogens with zero attached hydrogens (tertiary/aromatic N) is 1. The highest BCUT2D eigenvalue weighted by molar-refractivity contribution is 14.0. The predicted octanol–water partition coefficient (Wildman–Crippen LogP) is 3.41. The predicted molar refractivity (Wildman–Crippen MR) is 118 cm³/mol. The maximum atomic E-state index is 13.9. The molecule has 2 aromatic carbocycles. The summed E-state index contributed by atoms with van der Waals surface area (Å²) in [5.41, 5.74) is 1.98. The number of carbonyl (C=O) groups excluding carboxylic acids is 1. The third kappa shape index (κ3) is 6.74. The smallest absolute Gasteiger partial charge is 0.251 e. The Hall–Kier alpha value is -2.23. The Balaban J connectivity index is 0.00000392. The van der Waals surface area contributed by atoms with Gasteiger partial charge < -0.3 is 16.0 Å². The summed E-state index contributed by atoms with van der Waals surface area (Å²) in [6.07, 6.45) is 0.685. The normalized spacial score (nSPS) is 12.0. The lowest BCUT2D eigenvalue weighted by Gasteiger charge is -2.19. The molecule has 28 heavy (non-hydrogen) atoms. The molecular weight excluding hydrogens is 477 g/mol. The number of amides is 1. The van der Waals surface area contributed by atoms with E-state index < -0.39 is 11.6 Å². The van der Waals surface area contributed by atoms with Crippen LogP contribution in [0.4, 0.5) is 8.78 Å². The number of benzene rings is 2. The van der Waals surface area contributed by atoms with Crippen molar-refractivity contribution in [2.45, 2.75) is 19.4 Å². The van der Waals surface area contributed by atoms with Crippen molar-refractivity contribution < 1.29 is 13.6 Å². The molecule has 152 valence electrons. The number of hydrogen-bond acceptors (Lipinski definition) is 2. The summed E-state index contributed by atoms with van der Waals surface area (Å²) < 4.78 is 26.9. The lowest BCUT2D eigenvalue weighted by Crippen LogP contribution is -2.39. The van der Waals surface area contributed by atoms with E-state index in [9.17, 15) is 13.6 Å². The third-order valence-electron chi connectivity index (χ3n) is 4.13. The van der Waals surface area contributed by atoms with Gasteiger partial charge in [-0.3, -0.25) is 9.79 Å². The zero-order valence-corrected chi connectivity index (χ0v) is 18.4. The average Bonchev–Trinajstić information content (AvgIpc) is 2.66. The van der Waals surface area contributed by atoms with Gasteiger partial charge in [0.15, 0.2) is 5.96 Å². The zero-order chi connectivity index (χ0) is 19.8. The first kappa shape index (κ1) is 23.8. The number of rotatable bonds is 6. The molecule has 0 bridgehead atoms. The number of hydrogen-bond donors (Lipinski definition) is 3. The van der Waals surface area contributed by atoms with Crippen molar-refractivity contribution in [1.29, 1.82) is 0 Å². The van der Waals surface area contributed by atoms with Gasteiger partial charge in [0.1, 0.15) is 11.6 Å². The average molecular weight is 502 g/mol. The van der Waals surface area contributed by atoms with Crippen molar-refractivity contribution >= 4 is 35.8 Å². The fourth-order valence-corrected chi connectivity index (χ4v) is 2.67. The van der Waals surface area contributed by atoms with Gasteiger partial charge in [0.25, 0.3) is 5.91 Å². The first-order valence-electron chi connectivity index (χ1n) is 8.67. The van der Waals surface area contributed by atoms with Crippen LogP contribution in [0.25, 0.3) is 0 Å². The Labute approximate surface area is 181 Å². The fourth-order valence-electron chi connectivity index (χ4n) is 2.67. The highest BCUT2D eigenvalue weighted by Gasteiger charge is 2.13. The van der Waals surface area contributed by atoms with E-state index >= 15 is 0 Å². The van der Waals surface area contributed by atoms with Gasteiger partial charge in [-0.05, 0) is 37.1 Å². The van der Waals surface area contributed by atoms with E-state index in [0.29, 0.717) is 30.1 Å². The number of nitrogens with one attached hydrogen (secondary N) is 3. The van der Waals surface area contributed by atoms with Gasteiger partial charge in [-0.15, -0.1) is 24.0 Å². The largest absolute Gasteiger partial charge is 0.356 e. The van der Waals surface area contributed by atoms with Gasteiger partial charge in [0.05, 0.1) is 6.04 Å². The molecule has 1 atom stereocenters. The minimum Gasteiger partial charge on any atom is -0.356 e. The molecule has 3 N–H and O–H groups in total.